The normalized spacial score (nSPS) is 12.5. The molecule has 25 rings (SSSR count). The number of nitrogens with zero attached hydrogens (tertiary/aromatic N) is 2. The topological polar surface area (TPSA) is 32.8 Å². The predicted octanol–water partition coefficient (Wildman–Crippen LogP) is 34.5. The molecule has 0 aliphatic heterocycles. The van der Waals surface area contributed by atoms with Crippen LogP contribution in [0.15, 0.2) is 531 Å². The molecule has 2 aliphatic carbocycles. The molecule has 4 nitrogen and oxygen atoms in total. The Morgan fingerprint density at radius 1 is 0.144 bits per heavy atom. The first-order chi connectivity index (χ1) is 65.4. The molecule has 0 saturated carbocycles. The molecule has 0 atom stereocenters. The van der Waals surface area contributed by atoms with Gasteiger partial charge in [-0.2, -0.15) is 0 Å². The second-order valence-corrected chi connectivity index (χ2v) is 34.4. The van der Waals surface area contributed by atoms with Crippen molar-refractivity contribution in [3.8, 4) is 100 Å². The summed E-state index contributed by atoms with van der Waals surface area (Å²) in [6.45, 7) is 0. The van der Waals surface area contributed by atoms with Crippen molar-refractivity contribution in [3.63, 3.8) is 0 Å². The number of para-hydroxylation sites is 3. The zero-order valence-corrected chi connectivity index (χ0v) is 72.4. The van der Waals surface area contributed by atoms with E-state index < -0.39 is 10.8 Å². The average molecular weight is 1680 g/mol. The Kier molecular flexibility index (Phi) is 19.7. The molecule has 0 radical (unpaired) electrons. The highest BCUT2D eigenvalue weighted by Gasteiger charge is 2.48. The minimum absolute atomic E-state index is 0.484. The molecular weight excluding hydrogens is 1600 g/mol. The minimum Gasteiger partial charge on any atom is -0.455 e. The second-order valence-electron chi connectivity index (χ2n) is 34.4. The van der Waals surface area contributed by atoms with E-state index in [0.29, 0.717) is 0 Å². The van der Waals surface area contributed by atoms with Gasteiger partial charge in [0.15, 0.2) is 0 Å². The van der Waals surface area contributed by atoms with Crippen LogP contribution in [-0.2, 0) is 10.8 Å². The van der Waals surface area contributed by atoms with Gasteiger partial charge in [-0.25, -0.2) is 0 Å². The van der Waals surface area contributed by atoms with E-state index in [0.717, 1.165) is 123 Å². The van der Waals surface area contributed by atoms with Gasteiger partial charge in [-0.1, -0.05) is 400 Å². The second kappa shape index (κ2) is 33.2. The van der Waals surface area contributed by atoms with Gasteiger partial charge < -0.3 is 18.6 Å². The monoisotopic (exact) mass is 1680 g/mol. The number of benzene rings is 21. The van der Waals surface area contributed by atoms with Gasteiger partial charge in [-0.15, -0.1) is 0 Å². The van der Waals surface area contributed by atoms with Crippen LogP contribution in [0.5, 0.6) is 0 Å². The molecule has 0 fully saturated rings. The van der Waals surface area contributed by atoms with Crippen molar-refractivity contribution in [1.29, 1.82) is 0 Å². The molecule has 0 saturated heterocycles. The summed E-state index contributed by atoms with van der Waals surface area (Å²) in [5.74, 6) is 0. The average Bonchev–Trinajstić information content (AvgIpc) is 1.54. The van der Waals surface area contributed by atoms with Gasteiger partial charge in [0.1, 0.15) is 22.3 Å². The lowest BCUT2D eigenvalue weighted by Crippen LogP contribution is -2.28. The number of hydrogen-bond acceptors (Lipinski definition) is 4. The third-order valence-electron chi connectivity index (χ3n) is 27.1. The molecule has 2 aromatic heterocycles. The van der Waals surface area contributed by atoms with Gasteiger partial charge in [0.25, 0.3) is 0 Å². The molecule has 0 amide bonds. The first-order valence-corrected chi connectivity index (χ1v) is 45.4. The summed E-state index contributed by atoms with van der Waals surface area (Å²) in [6.07, 6.45) is 0. The van der Waals surface area contributed by atoms with E-state index in [1.807, 2.05) is 0 Å². The summed E-state index contributed by atoms with van der Waals surface area (Å²) in [5, 5.41) is 4.42. The third kappa shape index (κ3) is 13.5. The Labute approximate surface area is 768 Å². The molecule has 0 spiro atoms. The Balaban J connectivity index is 0.000000146. The van der Waals surface area contributed by atoms with Crippen LogP contribution in [0.2, 0.25) is 0 Å². The van der Waals surface area contributed by atoms with Crippen LogP contribution in [0.4, 0.5) is 34.1 Å². The van der Waals surface area contributed by atoms with E-state index in [1.54, 1.807) is 0 Å². The van der Waals surface area contributed by atoms with Gasteiger partial charge in [0.05, 0.1) is 10.8 Å². The molecule has 2 heterocycles. The number of anilines is 6. The fourth-order valence-corrected chi connectivity index (χ4v) is 21.0. The summed E-state index contributed by atoms with van der Waals surface area (Å²) >= 11 is 0. The highest BCUT2D eigenvalue weighted by Crippen LogP contribution is 2.60. The largest absolute Gasteiger partial charge is 0.455 e. The molecule has 2 aliphatic rings. The van der Waals surface area contributed by atoms with E-state index >= 15 is 0 Å². The Morgan fingerprint density at radius 2 is 0.386 bits per heavy atom. The maximum atomic E-state index is 6.80. The number of furan rings is 2. The summed E-state index contributed by atoms with van der Waals surface area (Å²) < 4.78 is 13.5. The molecular formula is C128H86N2O2. The Bertz CT molecular complexity index is 8000. The van der Waals surface area contributed by atoms with Gasteiger partial charge >= 0.3 is 0 Å². The van der Waals surface area contributed by atoms with Crippen LogP contribution >= 0.6 is 0 Å². The van der Waals surface area contributed by atoms with E-state index in [4.69, 9.17) is 8.83 Å². The van der Waals surface area contributed by atoms with Crippen LogP contribution in [0.1, 0.15) is 44.5 Å². The molecule has 132 heavy (non-hydrogen) atoms. The summed E-state index contributed by atoms with van der Waals surface area (Å²) in [6, 6.07) is 189. The molecule has 23 aromatic rings. The quantitative estimate of drug-likeness (QED) is 0.0910. The van der Waals surface area contributed by atoms with Gasteiger partial charge in [-0.3, -0.25) is 0 Å². The first-order valence-electron chi connectivity index (χ1n) is 45.4. The predicted molar refractivity (Wildman–Crippen MR) is 549 cm³/mol. The van der Waals surface area contributed by atoms with Crippen LogP contribution in [0, 0.1) is 0 Å². The van der Waals surface area contributed by atoms with Crippen LogP contribution in [0.3, 0.4) is 0 Å². The van der Waals surface area contributed by atoms with Gasteiger partial charge in [-0.05, 0) is 255 Å². The highest BCUT2D eigenvalue weighted by molar-refractivity contribution is 6.13. The summed E-state index contributed by atoms with van der Waals surface area (Å²) in [4.78, 5) is 4.66. The van der Waals surface area contributed by atoms with Gasteiger partial charge in [0.2, 0.25) is 0 Å². The highest BCUT2D eigenvalue weighted by atomic mass is 16.3. The molecule has 0 bridgehead atoms. The van der Waals surface area contributed by atoms with E-state index in [2.05, 4.69) is 532 Å². The number of rotatable bonds is 17. The molecule has 4 heteroatoms. The fraction of sp³-hybridized carbons (Fsp3) is 0.0156. The standard InChI is InChI=1S/C67H45NO.C61H41NO/c1-5-17-46(18-6-1)48-29-36-55(37-30-48)68(56-38-31-49(32-39-56)47-19-7-2-8-20-47)57-40-33-50(34-41-57)61-43-52(44-62-60-26-14-16-28-65(60)69-66(61)62)51-35-42-59-58-25-13-15-27-63(58)67(64(59)45-51,53-21-9-3-10-22-53)54-23-11-4-12-24-54;1-5-17-42(18-6-1)43-29-34-50(35-30-43)62(49-23-11-4-12-24-49)51-36-31-44(32-37-51)55-39-46(40-56-54-26-14-16-28-59(54)63-60(55)56)45-33-38-53-52-25-13-15-27-57(52)61(58(53)41-45,47-19-7-2-8-20-47)48-21-9-3-10-22-48/h1-45H;1-41H. The van der Waals surface area contributed by atoms with Crippen molar-refractivity contribution in [2.24, 2.45) is 0 Å². The fourth-order valence-electron chi connectivity index (χ4n) is 21.0. The zero-order chi connectivity index (χ0) is 87.5. The summed E-state index contributed by atoms with van der Waals surface area (Å²) in [5.41, 5.74) is 40.4. The number of hydrogen-bond donors (Lipinski definition) is 0. The van der Waals surface area contributed by atoms with Crippen molar-refractivity contribution in [3.05, 3.63) is 566 Å². The number of fused-ring (bicyclic) bond motifs is 12. The van der Waals surface area contributed by atoms with Crippen LogP contribution < -0.4 is 9.80 Å². The van der Waals surface area contributed by atoms with Crippen molar-refractivity contribution >= 4 is 78.0 Å². The lowest BCUT2D eigenvalue weighted by Gasteiger charge is -2.34. The van der Waals surface area contributed by atoms with Crippen molar-refractivity contribution in [2.75, 3.05) is 9.80 Å². The molecule has 0 unspecified atom stereocenters. The molecule has 0 N–H and O–H groups in total. The van der Waals surface area contributed by atoms with Crippen molar-refractivity contribution < 1.29 is 8.83 Å². The van der Waals surface area contributed by atoms with E-state index in [1.165, 1.54) is 100 Å². The smallest absolute Gasteiger partial charge is 0.143 e. The van der Waals surface area contributed by atoms with E-state index in [-0.39, 0.29) is 0 Å². The maximum absolute atomic E-state index is 6.80. The summed E-state index contributed by atoms with van der Waals surface area (Å²) in [7, 11) is 0. The lowest BCUT2D eigenvalue weighted by atomic mass is 9.67. The maximum Gasteiger partial charge on any atom is 0.143 e. The third-order valence-corrected chi connectivity index (χ3v) is 27.1. The minimum atomic E-state index is -0.495. The lowest BCUT2D eigenvalue weighted by molar-refractivity contribution is 0.669. The van der Waals surface area contributed by atoms with Crippen molar-refractivity contribution in [1.82, 2.24) is 0 Å². The zero-order valence-electron chi connectivity index (χ0n) is 72.4. The molecule has 21 aromatic carbocycles. The Morgan fingerprint density at radius 3 is 0.712 bits per heavy atom. The first kappa shape index (κ1) is 78.3. The Hall–Kier alpha value is -17.2. The van der Waals surface area contributed by atoms with Crippen LogP contribution in [-0.4, -0.2) is 0 Å². The van der Waals surface area contributed by atoms with Crippen molar-refractivity contribution in [2.45, 2.75) is 10.8 Å². The molecule has 620 valence electrons. The van der Waals surface area contributed by atoms with Crippen LogP contribution in [0.25, 0.3) is 144 Å². The van der Waals surface area contributed by atoms with Gasteiger partial charge in [0, 0.05) is 66.8 Å². The SMILES string of the molecule is c1ccc(-c2ccc(N(c3ccc(-c4ccccc4)cc3)c3ccc(-c4cc(-c5ccc6c(c5)C(c5ccccc5)(c5ccccc5)c5ccccc5-6)cc5c4oc4ccccc45)cc3)cc2)cc1.c1ccc(-c2ccc(N(c3ccccc3)c3ccc(-c4cc(-c5ccc6c(c5)C(c5ccccc5)(c5ccccc5)c5ccccc5-6)cc5c4oc4ccccc45)cc3)cc2)cc1. The van der Waals surface area contributed by atoms with E-state index in [9.17, 15) is 0 Å².